The standard InChI is InChI=1S/C14H14FNO5/c15-8-1-2-12-11(3-8)13(19)4-9(5-14(20)21)16(12)6-10(18)7-17/h1-4,10,17-18H,5-7H2,(H,20,21). The average Bonchev–Trinajstić information content (AvgIpc) is 2.42. The van der Waals surface area contributed by atoms with Gasteiger partial charge in [0.2, 0.25) is 0 Å². The molecule has 0 aliphatic rings. The van der Waals surface area contributed by atoms with Crippen LogP contribution in [0.3, 0.4) is 0 Å². The van der Waals surface area contributed by atoms with E-state index in [2.05, 4.69) is 0 Å². The van der Waals surface area contributed by atoms with Crippen LogP contribution in [0.25, 0.3) is 10.9 Å². The number of hydrogen-bond donors (Lipinski definition) is 3. The van der Waals surface area contributed by atoms with E-state index in [9.17, 15) is 19.1 Å². The molecule has 1 atom stereocenters. The third-order valence-electron chi connectivity index (χ3n) is 3.10. The molecule has 6 nitrogen and oxygen atoms in total. The van der Waals surface area contributed by atoms with Gasteiger partial charge in [0.1, 0.15) is 5.82 Å². The van der Waals surface area contributed by atoms with Crippen molar-refractivity contribution in [2.75, 3.05) is 6.61 Å². The molecule has 1 unspecified atom stereocenters. The Bertz CT molecular complexity index is 740. The molecular formula is C14H14FNO5. The third kappa shape index (κ3) is 3.26. The molecule has 0 aliphatic carbocycles. The lowest BCUT2D eigenvalue weighted by molar-refractivity contribution is -0.136. The summed E-state index contributed by atoms with van der Waals surface area (Å²) in [6.45, 7) is -0.608. The molecule has 0 fully saturated rings. The first kappa shape index (κ1) is 15.1. The number of carbonyl (C=O) groups is 1. The second-order valence-electron chi connectivity index (χ2n) is 4.68. The highest BCUT2D eigenvalue weighted by atomic mass is 19.1. The monoisotopic (exact) mass is 295 g/mol. The fourth-order valence-electron chi connectivity index (χ4n) is 2.19. The summed E-state index contributed by atoms with van der Waals surface area (Å²) in [5.41, 5.74) is 0.00208. The molecule has 0 saturated heterocycles. The van der Waals surface area contributed by atoms with E-state index in [-0.39, 0.29) is 17.6 Å². The van der Waals surface area contributed by atoms with Crippen LogP contribution >= 0.6 is 0 Å². The van der Waals surface area contributed by atoms with Crippen LogP contribution < -0.4 is 5.43 Å². The fourth-order valence-corrected chi connectivity index (χ4v) is 2.19. The van der Waals surface area contributed by atoms with Gasteiger partial charge in [-0.25, -0.2) is 4.39 Å². The number of fused-ring (bicyclic) bond motifs is 1. The summed E-state index contributed by atoms with van der Waals surface area (Å²) in [6, 6.07) is 4.67. The van der Waals surface area contributed by atoms with E-state index in [1.54, 1.807) is 0 Å². The zero-order valence-corrected chi connectivity index (χ0v) is 11.0. The van der Waals surface area contributed by atoms with Gasteiger partial charge in [-0.1, -0.05) is 0 Å². The first-order valence-corrected chi connectivity index (χ1v) is 6.25. The normalized spacial score (nSPS) is 12.5. The molecule has 0 amide bonds. The summed E-state index contributed by atoms with van der Waals surface area (Å²) in [7, 11) is 0. The number of aliphatic hydroxyl groups is 2. The van der Waals surface area contributed by atoms with Crippen molar-refractivity contribution in [3.63, 3.8) is 0 Å². The van der Waals surface area contributed by atoms with E-state index >= 15 is 0 Å². The van der Waals surface area contributed by atoms with Gasteiger partial charge in [-0.3, -0.25) is 9.59 Å². The molecule has 0 spiro atoms. The van der Waals surface area contributed by atoms with Crippen LogP contribution in [-0.4, -0.2) is 38.6 Å². The molecule has 0 aliphatic heterocycles. The SMILES string of the molecule is O=C(O)Cc1cc(=O)c2cc(F)ccc2n1CC(O)CO. The minimum absolute atomic E-state index is 0.0919. The van der Waals surface area contributed by atoms with Gasteiger partial charge >= 0.3 is 5.97 Å². The smallest absolute Gasteiger partial charge is 0.309 e. The van der Waals surface area contributed by atoms with Crippen molar-refractivity contribution in [1.82, 2.24) is 4.57 Å². The zero-order chi connectivity index (χ0) is 15.6. The highest BCUT2D eigenvalue weighted by Gasteiger charge is 2.15. The maximum atomic E-state index is 13.3. The van der Waals surface area contributed by atoms with Crippen LogP contribution in [0, 0.1) is 5.82 Å². The Kier molecular flexibility index (Phi) is 4.35. The van der Waals surface area contributed by atoms with E-state index in [1.165, 1.54) is 10.6 Å². The molecule has 2 rings (SSSR count). The summed E-state index contributed by atoms with van der Waals surface area (Å²) >= 11 is 0. The number of benzene rings is 1. The number of rotatable bonds is 5. The second kappa shape index (κ2) is 6.02. The minimum atomic E-state index is -1.14. The molecule has 21 heavy (non-hydrogen) atoms. The molecular weight excluding hydrogens is 281 g/mol. The van der Waals surface area contributed by atoms with Crippen molar-refractivity contribution >= 4 is 16.9 Å². The van der Waals surface area contributed by atoms with Crippen molar-refractivity contribution in [2.24, 2.45) is 0 Å². The zero-order valence-electron chi connectivity index (χ0n) is 11.0. The predicted molar refractivity (Wildman–Crippen MR) is 72.6 cm³/mol. The summed E-state index contributed by atoms with van der Waals surface area (Å²) in [6.07, 6.45) is -1.53. The number of hydrogen-bond acceptors (Lipinski definition) is 4. The summed E-state index contributed by atoms with van der Waals surface area (Å²) in [5, 5.41) is 27.5. The molecule has 2 aromatic rings. The minimum Gasteiger partial charge on any atom is -0.481 e. The Morgan fingerprint density at radius 2 is 2.05 bits per heavy atom. The second-order valence-corrected chi connectivity index (χ2v) is 4.68. The Labute approximate surface area is 118 Å². The number of carboxylic acid groups (broad SMARTS) is 1. The number of pyridine rings is 1. The van der Waals surface area contributed by atoms with Gasteiger partial charge in [-0.15, -0.1) is 0 Å². The van der Waals surface area contributed by atoms with Gasteiger partial charge < -0.3 is 19.9 Å². The highest BCUT2D eigenvalue weighted by Crippen LogP contribution is 2.16. The predicted octanol–water partition coefficient (Wildman–Crippen LogP) is 0.121. The van der Waals surface area contributed by atoms with Crippen molar-refractivity contribution in [3.05, 3.63) is 46.0 Å². The molecule has 7 heteroatoms. The van der Waals surface area contributed by atoms with E-state index in [1.807, 2.05) is 0 Å². The highest BCUT2D eigenvalue weighted by molar-refractivity contribution is 5.80. The number of aliphatic carboxylic acids is 1. The third-order valence-corrected chi connectivity index (χ3v) is 3.10. The summed E-state index contributed by atoms with van der Waals surface area (Å²) < 4.78 is 14.7. The lowest BCUT2D eigenvalue weighted by Gasteiger charge is -2.18. The largest absolute Gasteiger partial charge is 0.481 e. The van der Waals surface area contributed by atoms with Crippen LogP contribution in [0.4, 0.5) is 4.39 Å². The molecule has 0 saturated carbocycles. The van der Waals surface area contributed by atoms with Crippen LogP contribution in [-0.2, 0) is 17.8 Å². The Hall–Kier alpha value is -2.25. The van der Waals surface area contributed by atoms with Crippen LogP contribution in [0.2, 0.25) is 0 Å². The maximum Gasteiger partial charge on any atom is 0.309 e. The molecule has 0 radical (unpaired) electrons. The van der Waals surface area contributed by atoms with Gasteiger partial charge in [-0.05, 0) is 18.2 Å². The van der Waals surface area contributed by atoms with Crippen LogP contribution in [0.15, 0.2) is 29.1 Å². The Morgan fingerprint density at radius 1 is 1.33 bits per heavy atom. The van der Waals surface area contributed by atoms with Crippen molar-refractivity contribution in [2.45, 2.75) is 19.1 Å². The maximum absolute atomic E-state index is 13.3. The Balaban J connectivity index is 2.70. The molecule has 3 N–H and O–H groups in total. The molecule has 1 aromatic heterocycles. The fraction of sp³-hybridized carbons (Fsp3) is 0.286. The number of aromatic nitrogens is 1. The van der Waals surface area contributed by atoms with Crippen molar-refractivity contribution in [1.29, 1.82) is 0 Å². The number of aliphatic hydroxyl groups excluding tert-OH is 2. The van der Waals surface area contributed by atoms with Gasteiger partial charge in [0.25, 0.3) is 0 Å². The Morgan fingerprint density at radius 3 is 2.67 bits per heavy atom. The van der Waals surface area contributed by atoms with E-state index < -0.39 is 36.3 Å². The topological polar surface area (TPSA) is 99.8 Å². The first-order chi connectivity index (χ1) is 9.92. The van der Waals surface area contributed by atoms with Gasteiger partial charge in [-0.2, -0.15) is 0 Å². The van der Waals surface area contributed by atoms with E-state index in [0.29, 0.717) is 5.52 Å². The molecule has 1 heterocycles. The van der Waals surface area contributed by atoms with Crippen LogP contribution in [0.5, 0.6) is 0 Å². The van der Waals surface area contributed by atoms with E-state index in [4.69, 9.17) is 10.2 Å². The van der Waals surface area contributed by atoms with Gasteiger partial charge in [0, 0.05) is 17.1 Å². The van der Waals surface area contributed by atoms with Crippen LogP contribution in [0.1, 0.15) is 5.69 Å². The summed E-state index contributed by atoms with van der Waals surface area (Å²) in [5.74, 6) is -1.72. The quantitative estimate of drug-likeness (QED) is 0.727. The molecule has 1 aromatic carbocycles. The lowest BCUT2D eigenvalue weighted by Crippen LogP contribution is -2.25. The number of nitrogens with zero attached hydrogens (tertiary/aromatic N) is 1. The first-order valence-electron chi connectivity index (χ1n) is 6.25. The van der Waals surface area contributed by atoms with Gasteiger partial charge in [0.15, 0.2) is 5.43 Å². The van der Waals surface area contributed by atoms with Crippen molar-refractivity contribution < 1.29 is 24.5 Å². The number of halogens is 1. The lowest BCUT2D eigenvalue weighted by atomic mass is 10.1. The summed E-state index contributed by atoms with van der Waals surface area (Å²) in [4.78, 5) is 22.8. The molecule has 0 bridgehead atoms. The van der Waals surface area contributed by atoms with Gasteiger partial charge in [0.05, 0.1) is 31.2 Å². The number of carboxylic acids is 1. The van der Waals surface area contributed by atoms with E-state index in [0.717, 1.165) is 18.2 Å². The van der Waals surface area contributed by atoms with Crippen molar-refractivity contribution in [3.8, 4) is 0 Å². The molecule has 112 valence electrons. The average molecular weight is 295 g/mol.